The van der Waals surface area contributed by atoms with E-state index in [1.165, 1.54) is 12.8 Å². The molecular weight excluding hydrogens is 164 g/mol. The number of likely N-dealkylation sites (N-methyl/N-ethyl adjacent to an activating group) is 2. The van der Waals surface area contributed by atoms with Crippen LogP contribution < -0.4 is 5.32 Å². The SMILES string of the molecule is CNC(CN(C)C)C1CCOCC1. The maximum Gasteiger partial charge on any atom is 0.0469 e. The van der Waals surface area contributed by atoms with Crippen LogP contribution in [0.1, 0.15) is 12.8 Å². The predicted octanol–water partition coefficient (Wildman–Crippen LogP) is 0.563. The highest BCUT2D eigenvalue weighted by Gasteiger charge is 2.22. The first-order valence-electron chi connectivity index (χ1n) is 5.13. The second kappa shape index (κ2) is 5.58. The van der Waals surface area contributed by atoms with Crippen molar-refractivity contribution in [3.63, 3.8) is 0 Å². The molecule has 1 unspecified atom stereocenters. The molecule has 0 aromatic carbocycles. The first kappa shape index (κ1) is 11.0. The van der Waals surface area contributed by atoms with E-state index in [1.54, 1.807) is 0 Å². The molecule has 1 saturated heterocycles. The van der Waals surface area contributed by atoms with Gasteiger partial charge < -0.3 is 15.0 Å². The van der Waals surface area contributed by atoms with Gasteiger partial charge in [0.25, 0.3) is 0 Å². The van der Waals surface area contributed by atoms with Crippen molar-refractivity contribution < 1.29 is 4.74 Å². The highest BCUT2D eigenvalue weighted by Crippen LogP contribution is 2.18. The quantitative estimate of drug-likeness (QED) is 0.694. The maximum absolute atomic E-state index is 5.36. The first-order chi connectivity index (χ1) is 6.24. The van der Waals surface area contributed by atoms with E-state index in [-0.39, 0.29) is 0 Å². The molecule has 1 heterocycles. The first-order valence-corrected chi connectivity index (χ1v) is 5.13. The third kappa shape index (κ3) is 3.63. The summed E-state index contributed by atoms with van der Waals surface area (Å²) in [5.41, 5.74) is 0. The lowest BCUT2D eigenvalue weighted by molar-refractivity contribution is 0.0511. The van der Waals surface area contributed by atoms with Crippen LogP contribution in [0.15, 0.2) is 0 Å². The molecule has 13 heavy (non-hydrogen) atoms. The van der Waals surface area contributed by atoms with Crippen LogP contribution in [0.3, 0.4) is 0 Å². The molecule has 0 aromatic rings. The van der Waals surface area contributed by atoms with Crippen molar-refractivity contribution in [3.8, 4) is 0 Å². The van der Waals surface area contributed by atoms with Gasteiger partial charge in [-0.2, -0.15) is 0 Å². The Morgan fingerprint density at radius 2 is 2.00 bits per heavy atom. The molecule has 0 spiro atoms. The summed E-state index contributed by atoms with van der Waals surface area (Å²) in [6, 6.07) is 0.624. The van der Waals surface area contributed by atoms with Gasteiger partial charge in [-0.1, -0.05) is 0 Å². The molecule has 0 aliphatic carbocycles. The van der Waals surface area contributed by atoms with Gasteiger partial charge in [0, 0.05) is 25.8 Å². The van der Waals surface area contributed by atoms with Crippen molar-refractivity contribution >= 4 is 0 Å². The van der Waals surface area contributed by atoms with Gasteiger partial charge in [0.15, 0.2) is 0 Å². The van der Waals surface area contributed by atoms with Crippen LogP contribution in [0.25, 0.3) is 0 Å². The molecule has 1 rings (SSSR count). The highest BCUT2D eigenvalue weighted by atomic mass is 16.5. The smallest absolute Gasteiger partial charge is 0.0469 e. The van der Waals surface area contributed by atoms with Gasteiger partial charge in [0.1, 0.15) is 0 Å². The van der Waals surface area contributed by atoms with Crippen molar-refractivity contribution in [2.45, 2.75) is 18.9 Å². The summed E-state index contributed by atoms with van der Waals surface area (Å²) in [4.78, 5) is 2.25. The molecule has 1 fully saturated rings. The monoisotopic (exact) mass is 186 g/mol. The third-order valence-corrected chi connectivity index (χ3v) is 2.77. The molecule has 1 atom stereocenters. The van der Waals surface area contributed by atoms with Crippen LogP contribution in [-0.4, -0.2) is 51.8 Å². The average Bonchev–Trinajstić information content (AvgIpc) is 2.15. The van der Waals surface area contributed by atoms with Crippen LogP contribution in [0.5, 0.6) is 0 Å². The lowest BCUT2D eigenvalue weighted by Gasteiger charge is -2.31. The highest BCUT2D eigenvalue weighted by molar-refractivity contribution is 4.78. The number of nitrogens with zero attached hydrogens (tertiary/aromatic N) is 1. The van der Waals surface area contributed by atoms with E-state index in [4.69, 9.17) is 4.74 Å². The maximum atomic E-state index is 5.36. The minimum absolute atomic E-state index is 0.624. The van der Waals surface area contributed by atoms with E-state index < -0.39 is 0 Å². The molecule has 0 saturated carbocycles. The van der Waals surface area contributed by atoms with Gasteiger partial charge in [-0.3, -0.25) is 0 Å². The molecule has 0 amide bonds. The Bertz CT molecular complexity index is 133. The van der Waals surface area contributed by atoms with Gasteiger partial charge in [0.05, 0.1) is 0 Å². The number of ether oxygens (including phenoxy) is 1. The summed E-state index contributed by atoms with van der Waals surface area (Å²) in [7, 11) is 6.32. The fourth-order valence-electron chi connectivity index (χ4n) is 1.99. The minimum atomic E-state index is 0.624. The largest absolute Gasteiger partial charge is 0.381 e. The van der Waals surface area contributed by atoms with E-state index in [9.17, 15) is 0 Å². The normalized spacial score (nSPS) is 22.2. The number of rotatable bonds is 4. The fraction of sp³-hybridized carbons (Fsp3) is 1.00. The zero-order valence-electron chi connectivity index (χ0n) is 9.05. The Labute approximate surface area is 81.4 Å². The Balaban J connectivity index is 2.34. The lowest BCUT2D eigenvalue weighted by Crippen LogP contribution is -2.43. The van der Waals surface area contributed by atoms with Gasteiger partial charge >= 0.3 is 0 Å². The predicted molar refractivity (Wildman–Crippen MR) is 54.9 cm³/mol. The van der Waals surface area contributed by atoms with Gasteiger partial charge in [0.2, 0.25) is 0 Å². The molecular formula is C10H22N2O. The third-order valence-electron chi connectivity index (χ3n) is 2.77. The van der Waals surface area contributed by atoms with E-state index >= 15 is 0 Å². The summed E-state index contributed by atoms with van der Waals surface area (Å²) in [5, 5.41) is 3.41. The van der Waals surface area contributed by atoms with Crippen molar-refractivity contribution in [3.05, 3.63) is 0 Å². The summed E-state index contributed by atoms with van der Waals surface area (Å²) >= 11 is 0. The lowest BCUT2D eigenvalue weighted by atomic mass is 9.91. The molecule has 3 heteroatoms. The van der Waals surface area contributed by atoms with Crippen molar-refractivity contribution in [2.24, 2.45) is 5.92 Å². The molecule has 0 bridgehead atoms. The molecule has 0 radical (unpaired) electrons. The zero-order chi connectivity index (χ0) is 9.68. The van der Waals surface area contributed by atoms with E-state index in [2.05, 4.69) is 31.4 Å². The van der Waals surface area contributed by atoms with Crippen LogP contribution in [0, 0.1) is 5.92 Å². The van der Waals surface area contributed by atoms with Gasteiger partial charge in [-0.05, 0) is 39.9 Å². The van der Waals surface area contributed by atoms with Crippen LogP contribution >= 0.6 is 0 Å². The number of nitrogens with one attached hydrogen (secondary N) is 1. The molecule has 1 aliphatic heterocycles. The fourth-order valence-corrected chi connectivity index (χ4v) is 1.99. The van der Waals surface area contributed by atoms with E-state index in [1.807, 2.05) is 0 Å². The summed E-state index contributed by atoms with van der Waals surface area (Å²) in [5.74, 6) is 0.793. The summed E-state index contributed by atoms with van der Waals surface area (Å²) in [6.07, 6.45) is 2.42. The van der Waals surface area contributed by atoms with Gasteiger partial charge in [-0.25, -0.2) is 0 Å². The average molecular weight is 186 g/mol. The molecule has 1 N–H and O–H groups in total. The standard InChI is InChI=1S/C10H22N2O/c1-11-10(8-12(2)3)9-4-6-13-7-5-9/h9-11H,4-8H2,1-3H3. The van der Waals surface area contributed by atoms with Crippen molar-refractivity contribution in [2.75, 3.05) is 40.9 Å². The van der Waals surface area contributed by atoms with Crippen LogP contribution in [0.2, 0.25) is 0 Å². The summed E-state index contributed by atoms with van der Waals surface area (Å²) < 4.78 is 5.36. The Kier molecular flexibility index (Phi) is 4.70. The number of hydrogen-bond acceptors (Lipinski definition) is 3. The second-order valence-corrected chi connectivity index (χ2v) is 4.11. The van der Waals surface area contributed by atoms with Crippen molar-refractivity contribution in [1.29, 1.82) is 0 Å². The zero-order valence-corrected chi connectivity index (χ0v) is 9.05. The Morgan fingerprint density at radius 3 is 2.46 bits per heavy atom. The molecule has 78 valence electrons. The van der Waals surface area contributed by atoms with Crippen LogP contribution in [0.4, 0.5) is 0 Å². The minimum Gasteiger partial charge on any atom is -0.381 e. The van der Waals surface area contributed by atoms with Gasteiger partial charge in [-0.15, -0.1) is 0 Å². The topological polar surface area (TPSA) is 24.5 Å². The van der Waals surface area contributed by atoms with Crippen molar-refractivity contribution in [1.82, 2.24) is 10.2 Å². The van der Waals surface area contributed by atoms with E-state index in [0.29, 0.717) is 6.04 Å². The molecule has 0 aromatic heterocycles. The molecule has 3 nitrogen and oxygen atoms in total. The Hall–Kier alpha value is -0.120. The molecule has 1 aliphatic rings. The Morgan fingerprint density at radius 1 is 1.38 bits per heavy atom. The number of hydrogen-bond donors (Lipinski definition) is 1. The second-order valence-electron chi connectivity index (χ2n) is 4.11. The van der Waals surface area contributed by atoms with Crippen LogP contribution in [-0.2, 0) is 4.74 Å². The summed E-state index contributed by atoms with van der Waals surface area (Å²) in [6.45, 7) is 3.01. The van der Waals surface area contributed by atoms with E-state index in [0.717, 1.165) is 25.7 Å².